The number of ether oxygens (including phenoxy) is 2. The molecule has 1 aliphatic heterocycles. The smallest absolute Gasteiger partial charge is 0.328 e. The van der Waals surface area contributed by atoms with Crippen LogP contribution in [0.15, 0.2) is 40.0 Å². The monoisotopic (exact) mass is 439 g/mol. The number of benzene rings is 2. The third-order valence-corrected chi connectivity index (χ3v) is 7.50. The summed E-state index contributed by atoms with van der Waals surface area (Å²) < 4.78 is 14.0. The average Bonchev–Trinajstić information content (AvgIpc) is 3.33. The number of imidazole rings is 1. The van der Waals surface area contributed by atoms with Gasteiger partial charge in [0.2, 0.25) is 6.79 Å². The molecule has 0 radical (unpaired) electrons. The topological polar surface area (TPSA) is 74.5 Å². The van der Waals surface area contributed by atoms with Crippen LogP contribution in [0.1, 0.15) is 42.5 Å². The SMILES string of the molecule is Cn1c(=O)n(C)c2cc(SC3CCCCC3)c(NC(=O)c3ccc4c(c3)OCO4)cc21. The van der Waals surface area contributed by atoms with Crippen molar-refractivity contribution in [1.29, 1.82) is 0 Å². The first-order valence-corrected chi connectivity index (χ1v) is 11.5. The lowest BCUT2D eigenvalue weighted by atomic mass is 10.0. The molecule has 1 saturated carbocycles. The van der Waals surface area contributed by atoms with E-state index < -0.39 is 0 Å². The van der Waals surface area contributed by atoms with Gasteiger partial charge in [-0.2, -0.15) is 0 Å². The molecule has 1 aromatic heterocycles. The summed E-state index contributed by atoms with van der Waals surface area (Å²) in [5, 5.41) is 3.60. The number of aromatic nitrogens is 2. The molecule has 5 rings (SSSR count). The minimum absolute atomic E-state index is 0.0807. The Morgan fingerprint density at radius 2 is 1.71 bits per heavy atom. The van der Waals surface area contributed by atoms with E-state index in [1.165, 1.54) is 32.1 Å². The van der Waals surface area contributed by atoms with Gasteiger partial charge in [0.25, 0.3) is 5.91 Å². The molecule has 2 heterocycles. The second-order valence-electron chi connectivity index (χ2n) is 8.14. The van der Waals surface area contributed by atoms with Crippen molar-refractivity contribution in [3.8, 4) is 11.5 Å². The highest BCUT2D eigenvalue weighted by Gasteiger charge is 2.21. The van der Waals surface area contributed by atoms with Crippen molar-refractivity contribution >= 4 is 34.4 Å². The maximum Gasteiger partial charge on any atom is 0.328 e. The molecular formula is C23H25N3O4S. The van der Waals surface area contributed by atoms with Gasteiger partial charge in [0.15, 0.2) is 11.5 Å². The van der Waals surface area contributed by atoms with Gasteiger partial charge in [0.05, 0.1) is 16.7 Å². The number of nitrogens with zero attached hydrogens (tertiary/aromatic N) is 2. The first-order valence-electron chi connectivity index (χ1n) is 10.6. The highest BCUT2D eigenvalue weighted by Crippen LogP contribution is 2.39. The van der Waals surface area contributed by atoms with Crippen LogP contribution in [-0.4, -0.2) is 27.1 Å². The van der Waals surface area contributed by atoms with Crippen LogP contribution < -0.4 is 20.5 Å². The third kappa shape index (κ3) is 3.69. The molecule has 7 nitrogen and oxygen atoms in total. The number of hydrogen-bond acceptors (Lipinski definition) is 5. The number of amides is 1. The lowest BCUT2D eigenvalue weighted by Gasteiger charge is -2.22. The Morgan fingerprint density at radius 3 is 2.48 bits per heavy atom. The van der Waals surface area contributed by atoms with Gasteiger partial charge in [-0.3, -0.25) is 13.9 Å². The van der Waals surface area contributed by atoms with E-state index >= 15 is 0 Å². The van der Waals surface area contributed by atoms with Gasteiger partial charge in [-0.15, -0.1) is 11.8 Å². The molecule has 0 atom stereocenters. The molecule has 0 saturated heterocycles. The number of fused-ring (bicyclic) bond motifs is 2. The largest absolute Gasteiger partial charge is 0.454 e. The molecule has 0 unspecified atom stereocenters. The van der Waals surface area contributed by atoms with E-state index in [0.717, 1.165) is 21.6 Å². The number of nitrogens with one attached hydrogen (secondary N) is 1. The molecule has 1 amide bonds. The van der Waals surface area contributed by atoms with Crippen LogP contribution in [-0.2, 0) is 14.1 Å². The van der Waals surface area contributed by atoms with E-state index in [-0.39, 0.29) is 18.4 Å². The maximum absolute atomic E-state index is 13.1. The van der Waals surface area contributed by atoms with Crippen LogP contribution in [0.25, 0.3) is 11.0 Å². The highest BCUT2D eigenvalue weighted by molar-refractivity contribution is 8.00. The predicted octanol–water partition coefficient (Wildman–Crippen LogP) is 4.28. The van der Waals surface area contributed by atoms with Crippen molar-refractivity contribution in [2.24, 2.45) is 14.1 Å². The van der Waals surface area contributed by atoms with Gasteiger partial charge >= 0.3 is 5.69 Å². The zero-order valence-electron chi connectivity index (χ0n) is 17.6. The fourth-order valence-electron chi connectivity index (χ4n) is 4.32. The van der Waals surface area contributed by atoms with Crippen molar-refractivity contribution < 1.29 is 14.3 Å². The summed E-state index contributed by atoms with van der Waals surface area (Å²) in [4.78, 5) is 26.5. The average molecular weight is 440 g/mol. The number of rotatable bonds is 4. The fraction of sp³-hybridized carbons (Fsp3) is 0.391. The highest BCUT2D eigenvalue weighted by atomic mass is 32.2. The molecule has 2 aromatic carbocycles. The molecule has 162 valence electrons. The van der Waals surface area contributed by atoms with Crippen molar-refractivity contribution in [2.75, 3.05) is 12.1 Å². The number of carbonyl (C=O) groups excluding carboxylic acids is 1. The number of anilines is 1. The molecule has 0 bridgehead atoms. The number of aryl methyl sites for hydroxylation is 2. The lowest BCUT2D eigenvalue weighted by molar-refractivity contribution is 0.102. The van der Waals surface area contributed by atoms with Crippen molar-refractivity contribution in [3.05, 3.63) is 46.4 Å². The van der Waals surface area contributed by atoms with E-state index in [9.17, 15) is 9.59 Å². The summed E-state index contributed by atoms with van der Waals surface area (Å²) in [6.45, 7) is 0.168. The number of thioether (sulfide) groups is 1. The molecule has 2 aliphatic rings. The van der Waals surface area contributed by atoms with Crippen LogP contribution in [0.3, 0.4) is 0 Å². The summed E-state index contributed by atoms with van der Waals surface area (Å²) in [5.74, 6) is 1.00. The summed E-state index contributed by atoms with van der Waals surface area (Å²) in [6.07, 6.45) is 6.11. The van der Waals surface area contributed by atoms with Crippen LogP contribution >= 0.6 is 11.8 Å². The standard InChI is InChI=1S/C23H25N3O4S/c1-25-17-11-16(24-22(27)14-8-9-19-20(10-14)30-13-29-19)21(12-18(17)26(2)23(25)28)31-15-6-4-3-5-7-15/h8-12,15H,3-7,13H2,1-2H3,(H,24,27). The first-order chi connectivity index (χ1) is 15.0. The summed E-state index contributed by atoms with van der Waals surface area (Å²) >= 11 is 1.80. The van der Waals surface area contributed by atoms with Gasteiger partial charge in [-0.1, -0.05) is 19.3 Å². The Kier molecular flexibility index (Phi) is 5.17. The first kappa shape index (κ1) is 20.1. The van der Waals surface area contributed by atoms with Crippen LogP contribution in [0, 0.1) is 0 Å². The molecule has 0 spiro atoms. The second-order valence-corrected chi connectivity index (χ2v) is 9.48. The normalized spacial score (nSPS) is 16.1. The van der Waals surface area contributed by atoms with Gasteiger partial charge in [-0.05, 0) is 43.2 Å². The Hall–Kier alpha value is -2.87. The zero-order chi connectivity index (χ0) is 21.5. The third-order valence-electron chi connectivity index (χ3n) is 6.10. The van der Waals surface area contributed by atoms with Gasteiger partial charge < -0.3 is 14.8 Å². The molecule has 3 aromatic rings. The van der Waals surface area contributed by atoms with Gasteiger partial charge in [0.1, 0.15) is 0 Å². The summed E-state index contributed by atoms with van der Waals surface area (Å²) in [5.41, 5.74) is 2.81. The molecule has 1 fully saturated rings. The maximum atomic E-state index is 13.1. The van der Waals surface area contributed by atoms with Gasteiger partial charge in [-0.25, -0.2) is 4.79 Å². The summed E-state index contributed by atoms with van der Waals surface area (Å²) in [6, 6.07) is 9.12. The van der Waals surface area contributed by atoms with Crippen LogP contribution in [0.5, 0.6) is 11.5 Å². The zero-order valence-corrected chi connectivity index (χ0v) is 18.5. The molecule has 8 heteroatoms. The second kappa shape index (κ2) is 8.00. The van der Waals surface area contributed by atoms with E-state index in [1.807, 2.05) is 12.1 Å². The molecule has 31 heavy (non-hydrogen) atoms. The quantitative estimate of drug-likeness (QED) is 0.657. The minimum Gasteiger partial charge on any atom is -0.454 e. The van der Waals surface area contributed by atoms with Crippen molar-refractivity contribution in [3.63, 3.8) is 0 Å². The predicted molar refractivity (Wildman–Crippen MR) is 121 cm³/mol. The van der Waals surface area contributed by atoms with Gasteiger partial charge in [0, 0.05) is 29.8 Å². The number of carbonyl (C=O) groups is 1. The minimum atomic E-state index is -0.218. The Balaban J connectivity index is 1.52. The van der Waals surface area contributed by atoms with E-state index in [2.05, 4.69) is 5.32 Å². The van der Waals surface area contributed by atoms with Crippen molar-refractivity contribution in [2.45, 2.75) is 42.2 Å². The van der Waals surface area contributed by atoms with Crippen LogP contribution in [0.4, 0.5) is 5.69 Å². The van der Waals surface area contributed by atoms with Crippen LogP contribution in [0.2, 0.25) is 0 Å². The fourth-order valence-corrected chi connectivity index (χ4v) is 5.66. The summed E-state index contributed by atoms with van der Waals surface area (Å²) in [7, 11) is 3.53. The molecule has 1 aliphatic carbocycles. The Morgan fingerprint density at radius 1 is 1.00 bits per heavy atom. The van der Waals surface area contributed by atoms with Crippen molar-refractivity contribution in [1.82, 2.24) is 9.13 Å². The Bertz CT molecular complexity index is 1220. The molecule has 1 N–H and O–H groups in total. The van der Waals surface area contributed by atoms with E-state index in [1.54, 1.807) is 53.2 Å². The number of hydrogen-bond donors (Lipinski definition) is 1. The Labute approximate surface area is 184 Å². The molecular weight excluding hydrogens is 414 g/mol. The van der Waals surface area contributed by atoms with E-state index in [0.29, 0.717) is 22.3 Å². The van der Waals surface area contributed by atoms with E-state index in [4.69, 9.17) is 9.47 Å². The lowest BCUT2D eigenvalue weighted by Crippen LogP contribution is -2.19.